The van der Waals surface area contributed by atoms with E-state index in [2.05, 4.69) is 10.6 Å². The lowest BCUT2D eigenvalue weighted by Crippen LogP contribution is -2.45. The number of para-hydroxylation sites is 1. The molecule has 3 N–H and O–H groups in total. The van der Waals surface area contributed by atoms with Crippen molar-refractivity contribution in [2.24, 2.45) is 5.92 Å². The van der Waals surface area contributed by atoms with Gasteiger partial charge >= 0.3 is 5.97 Å². The zero-order chi connectivity index (χ0) is 17.1. The van der Waals surface area contributed by atoms with E-state index in [0.717, 1.165) is 24.8 Å². The molecule has 2 amide bonds. The number of carbonyl (C=O) groups is 3. The Hall–Kier alpha value is -2.37. The van der Waals surface area contributed by atoms with Crippen LogP contribution < -0.4 is 10.6 Å². The van der Waals surface area contributed by atoms with Crippen LogP contribution >= 0.6 is 0 Å². The highest BCUT2D eigenvalue weighted by Crippen LogP contribution is 2.33. The summed E-state index contributed by atoms with van der Waals surface area (Å²) in [4.78, 5) is 36.2. The molecular weight excluding hydrogens is 308 g/mol. The maximum absolute atomic E-state index is 12.8. The van der Waals surface area contributed by atoms with Crippen molar-refractivity contribution in [3.8, 4) is 0 Å². The number of carboxylic acids is 1. The lowest BCUT2D eigenvalue weighted by Gasteiger charge is -2.28. The first-order chi connectivity index (χ1) is 11.6. The predicted octanol–water partition coefficient (Wildman–Crippen LogP) is 2.26. The summed E-state index contributed by atoms with van der Waals surface area (Å²) in [6.45, 7) is 0. The molecule has 6 heteroatoms. The molecule has 0 bridgehead atoms. The Labute approximate surface area is 140 Å². The van der Waals surface area contributed by atoms with Gasteiger partial charge in [-0.3, -0.25) is 14.4 Å². The third kappa shape index (κ3) is 3.42. The summed E-state index contributed by atoms with van der Waals surface area (Å²) in [6, 6.07) is 6.89. The van der Waals surface area contributed by atoms with Gasteiger partial charge in [-0.25, -0.2) is 0 Å². The Bertz CT molecular complexity index is 658. The number of nitrogens with one attached hydrogen (secondary N) is 2. The second-order valence-corrected chi connectivity index (χ2v) is 6.59. The van der Waals surface area contributed by atoms with Crippen molar-refractivity contribution in [3.63, 3.8) is 0 Å². The molecule has 128 valence electrons. The van der Waals surface area contributed by atoms with Crippen molar-refractivity contribution < 1.29 is 19.5 Å². The highest BCUT2D eigenvalue weighted by molar-refractivity contribution is 6.01. The van der Waals surface area contributed by atoms with Gasteiger partial charge in [0.15, 0.2) is 0 Å². The predicted molar refractivity (Wildman–Crippen MR) is 88.6 cm³/mol. The molecule has 24 heavy (non-hydrogen) atoms. The van der Waals surface area contributed by atoms with E-state index in [4.69, 9.17) is 0 Å². The van der Waals surface area contributed by atoms with Crippen LogP contribution in [-0.2, 0) is 14.4 Å². The van der Waals surface area contributed by atoms with Crippen LogP contribution in [0.5, 0.6) is 0 Å². The fourth-order valence-corrected chi connectivity index (χ4v) is 3.70. The SMILES string of the molecule is O=C1CC(C(=O)N[C@H]2CCCCC[C@H]2C(=O)O)c2ccccc2N1. The van der Waals surface area contributed by atoms with Crippen molar-refractivity contribution in [3.05, 3.63) is 29.8 Å². The number of carboxylic acid groups (broad SMARTS) is 1. The van der Waals surface area contributed by atoms with Gasteiger partial charge < -0.3 is 15.7 Å². The van der Waals surface area contributed by atoms with E-state index in [-0.39, 0.29) is 24.3 Å². The molecule has 0 aromatic heterocycles. The molecule has 6 nitrogen and oxygen atoms in total. The Morgan fingerprint density at radius 3 is 2.67 bits per heavy atom. The molecule has 3 atom stereocenters. The smallest absolute Gasteiger partial charge is 0.308 e. The van der Waals surface area contributed by atoms with Crippen LogP contribution in [0.25, 0.3) is 0 Å². The summed E-state index contributed by atoms with van der Waals surface area (Å²) < 4.78 is 0. The average Bonchev–Trinajstić information content (AvgIpc) is 2.79. The molecule has 1 aliphatic heterocycles. The van der Waals surface area contributed by atoms with Gasteiger partial charge in [0.2, 0.25) is 11.8 Å². The van der Waals surface area contributed by atoms with Crippen molar-refractivity contribution in [1.82, 2.24) is 5.32 Å². The highest BCUT2D eigenvalue weighted by Gasteiger charge is 2.35. The largest absolute Gasteiger partial charge is 0.481 e. The summed E-state index contributed by atoms with van der Waals surface area (Å²) in [7, 11) is 0. The van der Waals surface area contributed by atoms with Crippen molar-refractivity contribution in [1.29, 1.82) is 0 Å². The second kappa shape index (κ2) is 7.03. The van der Waals surface area contributed by atoms with Gasteiger partial charge in [0.1, 0.15) is 0 Å². The van der Waals surface area contributed by atoms with Gasteiger partial charge in [-0.1, -0.05) is 37.5 Å². The van der Waals surface area contributed by atoms with E-state index in [1.807, 2.05) is 18.2 Å². The Kier molecular flexibility index (Phi) is 4.83. The van der Waals surface area contributed by atoms with Crippen LogP contribution in [0.15, 0.2) is 24.3 Å². The summed E-state index contributed by atoms with van der Waals surface area (Å²) in [6.07, 6.45) is 4.12. The van der Waals surface area contributed by atoms with Crippen molar-refractivity contribution in [2.75, 3.05) is 5.32 Å². The van der Waals surface area contributed by atoms with Gasteiger partial charge in [0, 0.05) is 18.2 Å². The third-order valence-corrected chi connectivity index (χ3v) is 4.98. The molecule has 1 unspecified atom stereocenters. The molecule has 3 rings (SSSR count). The first-order valence-electron chi connectivity index (χ1n) is 8.48. The molecule has 1 fully saturated rings. The molecule has 2 aliphatic rings. The molecule has 1 aromatic rings. The maximum atomic E-state index is 12.8. The first kappa shape index (κ1) is 16.5. The maximum Gasteiger partial charge on any atom is 0.308 e. The quantitative estimate of drug-likeness (QED) is 0.741. The number of carbonyl (C=O) groups excluding carboxylic acids is 2. The molecule has 1 aromatic carbocycles. The summed E-state index contributed by atoms with van der Waals surface area (Å²) in [5, 5.41) is 15.1. The monoisotopic (exact) mass is 330 g/mol. The van der Waals surface area contributed by atoms with Crippen LogP contribution in [0, 0.1) is 5.92 Å². The minimum atomic E-state index is -0.857. The average molecular weight is 330 g/mol. The number of anilines is 1. The van der Waals surface area contributed by atoms with E-state index in [1.54, 1.807) is 6.07 Å². The molecule has 0 spiro atoms. The van der Waals surface area contributed by atoms with Crippen LogP contribution in [0.1, 0.15) is 50.0 Å². The standard InChI is InChI=1S/C18H22N2O4/c21-16-10-13(11-6-4-5-9-14(11)19-16)17(22)20-15-8-3-1-2-7-12(15)18(23)24/h4-6,9,12-13,15H,1-3,7-8,10H2,(H,19,21)(H,20,22)(H,23,24)/t12-,13?,15+/m1/s1. The molecule has 1 aliphatic carbocycles. The second-order valence-electron chi connectivity index (χ2n) is 6.59. The number of hydrogen-bond acceptors (Lipinski definition) is 3. The zero-order valence-electron chi connectivity index (χ0n) is 13.5. The minimum absolute atomic E-state index is 0.0906. The van der Waals surface area contributed by atoms with Crippen LogP contribution in [0.3, 0.4) is 0 Å². The Balaban J connectivity index is 1.79. The van der Waals surface area contributed by atoms with Gasteiger partial charge in [-0.15, -0.1) is 0 Å². The minimum Gasteiger partial charge on any atom is -0.481 e. The van der Waals surface area contributed by atoms with Crippen molar-refractivity contribution in [2.45, 2.75) is 50.5 Å². The van der Waals surface area contributed by atoms with Gasteiger partial charge in [0.05, 0.1) is 11.8 Å². The normalized spacial score (nSPS) is 26.7. The fraction of sp³-hybridized carbons (Fsp3) is 0.500. The Morgan fingerprint density at radius 2 is 1.88 bits per heavy atom. The van der Waals surface area contributed by atoms with Gasteiger partial charge in [-0.2, -0.15) is 0 Å². The first-order valence-corrected chi connectivity index (χ1v) is 8.48. The number of benzene rings is 1. The highest BCUT2D eigenvalue weighted by atomic mass is 16.4. The van der Waals surface area contributed by atoms with Crippen LogP contribution in [-0.4, -0.2) is 28.9 Å². The molecular formula is C18H22N2O4. The van der Waals surface area contributed by atoms with Crippen molar-refractivity contribution >= 4 is 23.5 Å². The van der Waals surface area contributed by atoms with Gasteiger partial charge in [0.25, 0.3) is 0 Å². The molecule has 0 radical (unpaired) electrons. The summed E-state index contributed by atoms with van der Waals surface area (Å²) in [5.41, 5.74) is 1.44. The zero-order valence-corrected chi connectivity index (χ0v) is 13.5. The van der Waals surface area contributed by atoms with E-state index in [0.29, 0.717) is 18.5 Å². The number of amides is 2. The van der Waals surface area contributed by atoms with E-state index in [1.165, 1.54) is 0 Å². The van der Waals surface area contributed by atoms with E-state index >= 15 is 0 Å². The number of aliphatic carboxylic acids is 1. The number of rotatable bonds is 3. The fourth-order valence-electron chi connectivity index (χ4n) is 3.70. The van der Waals surface area contributed by atoms with E-state index in [9.17, 15) is 19.5 Å². The summed E-state index contributed by atoms with van der Waals surface area (Å²) >= 11 is 0. The molecule has 1 heterocycles. The molecule has 0 saturated heterocycles. The lowest BCUT2D eigenvalue weighted by molar-refractivity contribution is -0.143. The number of fused-ring (bicyclic) bond motifs is 1. The van der Waals surface area contributed by atoms with Crippen LogP contribution in [0.2, 0.25) is 0 Å². The topological polar surface area (TPSA) is 95.5 Å². The third-order valence-electron chi connectivity index (χ3n) is 4.98. The van der Waals surface area contributed by atoms with E-state index < -0.39 is 17.8 Å². The Morgan fingerprint density at radius 1 is 1.12 bits per heavy atom. The molecule has 1 saturated carbocycles. The summed E-state index contributed by atoms with van der Waals surface area (Å²) in [5.74, 6) is -2.42. The number of hydrogen-bond donors (Lipinski definition) is 3. The van der Waals surface area contributed by atoms with Crippen LogP contribution in [0.4, 0.5) is 5.69 Å². The van der Waals surface area contributed by atoms with Gasteiger partial charge in [-0.05, 0) is 24.5 Å². The lowest BCUT2D eigenvalue weighted by atomic mass is 9.88.